The minimum Gasteiger partial charge on any atom is -0.352 e. The highest BCUT2D eigenvalue weighted by atomic mass is 16.6. The molecule has 124 valence electrons. The third kappa shape index (κ3) is 4.39. The molecule has 0 spiro atoms. The third-order valence-electron chi connectivity index (χ3n) is 3.26. The van der Waals surface area contributed by atoms with E-state index in [4.69, 9.17) is 0 Å². The fourth-order valence-electron chi connectivity index (χ4n) is 2.01. The van der Waals surface area contributed by atoms with Crippen LogP contribution in [-0.2, 0) is 0 Å². The van der Waals surface area contributed by atoms with E-state index in [0.29, 0.717) is 17.8 Å². The van der Waals surface area contributed by atoms with Gasteiger partial charge in [0.1, 0.15) is 0 Å². The Hall–Kier alpha value is -3.22. The van der Waals surface area contributed by atoms with Gasteiger partial charge in [-0.3, -0.25) is 19.7 Å². The van der Waals surface area contributed by atoms with Gasteiger partial charge >= 0.3 is 0 Å². The van der Waals surface area contributed by atoms with E-state index in [-0.39, 0.29) is 17.2 Å². The summed E-state index contributed by atoms with van der Waals surface area (Å²) in [5.74, 6) is -0.629. The molecule has 2 rings (SSSR count). The molecule has 0 unspecified atom stereocenters. The number of nitro benzene ring substituents is 1. The van der Waals surface area contributed by atoms with Crippen molar-refractivity contribution in [2.45, 2.75) is 13.3 Å². The van der Waals surface area contributed by atoms with E-state index in [1.807, 2.05) is 6.92 Å². The van der Waals surface area contributed by atoms with Crippen LogP contribution in [0.15, 0.2) is 48.5 Å². The van der Waals surface area contributed by atoms with Crippen molar-refractivity contribution in [2.75, 3.05) is 11.9 Å². The molecule has 0 saturated carbocycles. The number of benzene rings is 2. The molecule has 7 heteroatoms. The number of nitrogens with zero attached hydrogens (tertiary/aromatic N) is 1. The Morgan fingerprint density at radius 2 is 1.75 bits per heavy atom. The van der Waals surface area contributed by atoms with E-state index in [9.17, 15) is 19.7 Å². The highest BCUT2D eigenvalue weighted by molar-refractivity contribution is 6.05. The Morgan fingerprint density at radius 1 is 1.04 bits per heavy atom. The fraction of sp³-hybridized carbons (Fsp3) is 0.176. The van der Waals surface area contributed by atoms with Gasteiger partial charge in [0.25, 0.3) is 17.5 Å². The topological polar surface area (TPSA) is 101 Å². The number of non-ortho nitro benzene ring substituents is 1. The summed E-state index contributed by atoms with van der Waals surface area (Å²) in [4.78, 5) is 34.1. The van der Waals surface area contributed by atoms with E-state index in [1.165, 1.54) is 24.3 Å². The average molecular weight is 327 g/mol. The number of anilines is 1. The summed E-state index contributed by atoms with van der Waals surface area (Å²) in [6, 6.07) is 11.9. The largest absolute Gasteiger partial charge is 0.352 e. The second-order valence-electron chi connectivity index (χ2n) is 5.09. The molecule has 2 amide bonds. The highest BCUT2D eigenvalue weighted by Crippen LogP contribution is 2.16. The summed E-state index contributed by atoms with van der Waals surface area (Å²) in [5, 5.41) is 16.1. The first-order valence-corrected chi connectivity index (χ1v) is 7.45. The van der Waals surface area contributed by atoms with Crippen LogP contribution in [-0.4, -0.2) is 23.3 Å². The van der Waals surface area contributed by atoms with E-state index in [1.54, 1.807) is 24.3 Å². The normalized spacial score (nSPS) is 10.0. The van der Waals surface area contributed by atoms with Crippen molar-refractivity contribution in [2.24, 2.45) is 0 Å². The molecule has 0 fully saturated rings. The lowest BCUT2D eigenvalue weighted by atomic mass is 10.1. The van der Waals surface area contributed by atoms with Crippen LogP contribution in [0.4, 0.5) is 11.4 Å². The first kappa shape index (κ1) is 17.1. The van der Waals surface area contributed by atoms with Gasteiger partial charge in [-0.2, -0.15) is 0 Å². The molecule has 0 aliphatic rings. The van der Waals surface area contributed by atoms with Crippen LogP contribution in [0.5, 0.6) is 0 Å². The number of hydrogen-bond acceptors (Lipinski definition) is 4. The van der Waals surface area contributed by atoms with E-state index < -0.39 is 10.8 Å². The molecule has 0 bridgehead atoms. The van der Waals surface area contributed by atoms with Crippen LogP contribution < -0.4 is 10.6 Å². The number of carbonyl (C=O) groups excluding carboxylic acids is 2. The number of hydrogen-bond donors (Lipinski definition) is 2. The van der Waals surface area contributed by atoms with Gasteiger partial charge in [-0.15, -0.1) is 0 Å². The molecular formula is C17H17N3O4. The van der Waals surface area contributed by atoms with E-state index >= 15 is 0 Å². The lowest BCUT2D eigenvalue weighted by Crippen LogP contribution is -2.23. The first-order chi connectivity index (χ1) is 11.5. The maximum Gasteiger partial charge on any atom is 0.270 e. The van der Waals surface area contributed by atoms with Crippen LogP contribution >= 0.6 is 0 Å². The number of rotatable bonds is 6. The predicted molar refractivity (Wildman–Crippen MR) is 90.1 cm³/mol. The van der Waals surface area contributed by atoms with Crippen molar-refractivity contribution in [3.8, 4) is 0 Å². The van der Waals surface area contributed by atoms with Gasteiger partial charge in [-0.05, 0) is 36.8 Å². The molecule has 2 aromatic rings. The molecule has 2 aromatic carbocycles. The Kier molecular flexibility index (Phi) is 5.62. The van der Waals surface area contributed by atoms with Crippen LogP contribution in [0, 0.1) is 10.1 Å². The molecule has 0 aliphatic carbocycles. The van der Waals surface area contributed by atoms with Crippen molar-refractivity contribution in [1.29, 1.82) is 0 Å². The SMILES string of the molecule is CCCNC(=O)c1ccc(NC(=O)c2cccc([N+](=O)[O-])c2)cc1. The molecule has 0 saturated heterocycles. The molecule has 2 N–H and O–H groups in total. The van der Waals surface area contributed by atoms with Crippen molar-refractivity contribution in [3.63, 3.8) is 0 Å². The highest BCUT2D eigenvalue weighted by Gasteiger charge is 2.12. The molecular weight excluding hydrogens is 310 g/mol. The minimum absolute atomic E-state index is 0.148. The van der Waals surface area contributed by atoms with E-state index in [0.717, 1.165) is 6.42 Å². The van der Waals surface area contributed by atoms with Crippen molar-refractivity contribution in [3.05, 3.63) is 69.8 Å². The number of nitro groups is 1. The first-order valence-electron chi connectivity index (χ1n) is 7.45. The van der Waals surface area contributed by atoms with Gasteiger partial charge in [-0.25, -0.2) is 0 Å². The monoisotopic (exact) mass is 327 g/mol. The number of nitrogens with one attached hydrogen (secondary N) is 2. The van der Waals surface area contributed by atoms with Crippen LogP contribution in [0.3, 0.4) is 0 Å². The summed E-state index contributed by atoms with van der Waals surface area (Å²) in [6.45, 7) is 2.57. The smallest absolute Gasteiger partial charge is 0.270 e. The zero-order valence-electron chi connectivity index (χ0n) is 13.1. The molecule has 0 heterocycles. The van der Waals surface area contributed by atoms with E-state index in [2.05, 4.69) is 10.6 Å². The van der Waals surface area contributed by atoms with Crippen molar-refractivity contribution in [1.82, 2.24) is 5.32 Å². The quantitative estimate of drug-likeness (QED) is 0.629. The van der Waals surface area contributed by atoms with Gasteiger partial charge < -0.3 is 10.6 Å². The molecule has 0 aliphatic heterocycles. The summed E-state index contributed by atoms with van der Waals surface area (Å²) >= 11 is 0. The Balaban J connectivity index is 2.05. The zero-order valence-corrected chi connectivity index (χ0v) is 13.1. The predicted octanol–water partition coefficient (Wildman–Crippen LogP) is 2.99. The maximum absolute atomic E-state index is 12.1. The summed E-state index contributed by atoms with van der Waals surface area (Å²) < 4.78 is 0. The van der Waals surface area contributed by atoms with Crippen molar-refractivity contribution >= 4 is 23.2 Å². The van der Waals surface area contributed by atoms with Gasteiger partial charge in [0, 0.05) is 35.5 Å². The Labute approximate surface area is 138 Å². The van der Waals surface area contributed by atoms with Gasteiger partial charge in [0.2, 0.25) is 0 Å². The number of amides is 2. The molecule has 7 nitrogen and oxygen atoms in total. The second-order valence-corrected chi connectivity index (χ2v) is 5.09. The zero-order chi connectivity index (χ0) is 17.5. The van der Waals surface area contributed by atoms with Crippen LogP contribution in [0.2, 0.25) is 0 Å². The van der Waals surface area contributed by atoms with Gasteiger partial charge in [0.15, 0.2) is 0 Å². The van der Waals surface area contributed by atoms with Gasteiger partial charge in [0.05, 0.1) is 4.92 Å². The summed E-state index contributed by atoms with van der Waals surface area (Å²) in [6.07, 6.45) is 0.850. The number of carbonyl (C=O) groups is 2. The average Bonchev–Trinajstić information content (AvgIpc) is 2.60. The standard InChI is InChI=1S/C17H17N3O4/c1-2-10-18-16(21)12-6-8-14(9-7-12)19-17(22)13-4-3-5-15(11-13)20(23)24/h3-9,11H,2,10H2,1H3,(H,18,21)(H,19,22). The fourth-order valence-corrected chi connectivity index (χ4v) is 2.01. The molecule has 0 aromatic heterocycles. The Bertz CT molecular complexity index is 757. The maximum atomic E-state index is 12.1. The summed E-state index contributed by atoms with van der Waals surface area (Å²) in [7, 11) is 0. The molecule has 0 atom stereocenters. The second kappa shape index (κ2) is 7.87. The molecule has 24 heavy (non-hydrogen) atoms. The van der Waals surface area contributed by atoms with Crippen LogP contribution in [0.1, 0.15) is 34.1 Å². The lowest BCUT2D eigenvalue weighted by molar-refractivity contribution is -0.384. The van der Waals surface area contributed by atoms with Crippen molar-refractivity contribution < 1.29 is 14.5 Å². The van der Waals surface area contributed by atoms with Crippen LogP contribution in [0.25, 0.3) is 0 Å². The van der Waals surface area contributed by atoms with Gasteiger partial charge in [-0.1, -0.05) is 13.0 Å². The lowest BCUT2D eigenvalue weighted by Gasteiger charge is -2.07. The minimum atomic E-state index is -0.555. The Morgan fingerprint density at radius 3 is 2.38 bits per heavy atom. The third-order valence-corrected chi connectivity index (χ3v) is 3.26. The molecule has 0 radical (unpaired) electrons. The summed E-state index contributed by atoms with van der Waals surface area (Å²) in [5.41, 5.74) is 1.04.